The van der Waals surface area contributed by atoms with Crippen LogP contribution in [-0.2, 0) is 30.6 Å². The standard InChI is InChI=1S/C22H22N5O4S/c1-30-27(29)15-4-2-14(3-5-15)8-11-31-21-19-16-6-7-18-17(12-25-26(18)9-10-28)20(16)32-22(19)24-13-23-21/h2-5,12-13,28H,6-11H2,1H3/q+1. The maximum absolute atomic E-state index is 11.5. The van der Waals surface area contributed by atoms with Crippen LogP contribution in [0.25, 0.3) is 20.7 Å². The monoisotopic (exact) mass is 452 g/mol. The second-order valence-corrected chi connectivity index (χ2v) is 8.42. The molecule has 3 heterocycles. The number of rotatable bonds is 8. The van der Waals surface area contributed by atoms with E-state index < -0.39 is 0 Å². The van der Waals surface area contributed by atoms with E-state index in [1.807, 2.05) is 23.0 Å². The molecule has 5 rings (SSSR count). The largest absolute Gasteiger partial charge is 0.477 e. The average Bonchev–Trinajstić information content (AvgIpc) is 3.41. The second-order valence-electron chi connectivity index (χ2n) is 7.42. The van der Waals surface area contributed by atoms with E-state index in [1.165, 1.54) is 19.0 Å². The lowest BCUT2D eigenvalue weighted by molar-refractivity contribution is -0.736. The van der Waals surface area contributed by atoms with Gasteiger partial charge in [0.25, 0.3) is 4.92 Å². The van der Waals surface area contributed by atoms with Crippen LogP contribution in [0.1, 0.15) is 16.8 Å². The van der Waals surface area contributed by atoms with Gasteiger partial charge in [0.2, 0.25) is 5.88 Å². The van der Waals surface area contributed by atoms with Crippen molar-refractivity contribution in [3.05, 3.63) is 58.5 Å². The lowest BCUT2D eigenvalue weighted by atomic mass is 9.95. The summed E-state index contributed by atoms with van der Waals surface area (Å²) < 4.78 is 7.97. The van der Waals surface area contributed by atoms with Crippen molar-refractivity contribution in [1.82, 2.24) is 19.7 Å². The molecule has 32 heavy (non-hydrogen) atoms. The van der Waals surface area contributed by atoms with Gasteiger partial charge in [-0.05, 0) is 24.0 Å². The zero-order chi connectivity index (χ0) is 22.1. The minimum atomic E-state index is 0.0705. The Kier molecular flexibility index (Phi) is 5.54. The van der Waals surface area contributed by atoms with Gasteiger partial charge in [-0.15, -0.1) is 11.3 Å². The Hall–Kier alpha value is -3.37. The minimum absolute atomic E-state index is 0.0705. The van der Waals surface area contributed by atoms with E-state index in [0.717, 1.165) is 44.8 Å². The van der Waals surface area contributed by atoms with Crippen LogP contribution in [0, 0.1) is 4.91 Å². The molecule has 0 bridgehead atoms. The Morgan fingerprint density at radius 1 is 1.22 bits per heavy atom. The van der Waals surface area contributed by atoms with E-state index in [1.54, 1.807) is 23.5 Å². The van der Waals surface area contributed by atoms with Crippen molar-refractivity contribution in [2.75, 3.05) is 20.3 Å². The molecule has 0 unspecified atom stereocenters. The third-order valence-electron chi connectivity index (χ3n) is 5.61. The SMILES string of the molecule is CO[N+](=O)c1ccc(CCOc2ncnc3sc4c(c23)CCc2c-4cnn2CCO)cc1. The number of aromatic nitrogens is 4. The first-order valence-corrected chi connectivity index (χ1v) is 11.2. The third kappa shape index (κ3) is 3.61. The highest BCUT2D eigenvalue weighted by Gasteiger charge is 2.27. The van der Waals surface area contributed by atoms with Crippen molar-refractivity contribution in [3.63, 3.8) is 0 Å². The van der Waals surface area contributed by atoms with Gasteiger partial charge in [-0.1, -0.05) is 12.1 Å². The van der Waals surface area contributed by atoms with E-state index in [2.05, 4.69) is 19.9 Å². The molecular formula is C22H22N5O4S+. The summed E-state index contributed by atoms with van der Waals surface area (Å²) >= 11 is 1.63. The van der Waals surface area contributed by atoms with Crippen LogP contribution < -0.4 is 4.74 Å². The fourth-order valence-corrected chi connectivity index (χ4v) is 5.29. The smallest absolute Gasteiger partial charge is 0.316 e. The number of benzene rings is 1. The maximum atomic E-state index is 11.5. The molecule has 0 atom stereocenters. The first-order valence-electron chi connectivity index (χ1n) is 10.3. The molecule has 0 spiro atoms. The van der Waals surface area contributed by atoms with Crippen molar-refractivity contribution >= 4 is 27.2 Å². The second kappa shape index (κ2) is 8.64. The van der Waals surface area contributed by atoms with Crippen LogP contribution in [-0.4, -0.2) is 50.1 Å². The van der Waals surface area contributed by atoms with E-state index >= 15 is 0 Å². The summed E-state index contributed by atoms with van der Waals surface area (Å²) in [6.45, 7) is 1.03. The molecule has 0 amide bonds. The van der Waals surface area contributed by atoms with Crippen LogP contribution in [0.4, 0.5) is 5.69 Å². The fourth-order valence-electron chi connectivity index (χ4n) is 4.08. The summed E-state index contributed by atoms with van der Waals surface area (Å²) in [6.07, 6.45) is 5.81. The Morgan fingerprint density at radius 3 is 2.84 bits per heavy atom. The van der Waals surface area contributed by atoms with Crippen LogP contribution in [0.3, 0.4) is 0 Å². The lowest BCUT2D eigenvalue weighted by Crippen LogP contribution is -2.11. The fraction of sp³-hybridized carbons (Fsp3) is 0.318. The van der Waals surface area contributed by atoms with Gasteiger partial charge in [0, 0.05) is 34.7 Å². The molecule has 1 aliphatic carbocycles. The molecule has 3 aromatic heterocycles. The highest BCUT2D eigenvalue weighted by atomic mass is 32.1. The molecule has 9 nitrogen and oxygen atoms in total. The maximum Gasteiger partial charge on any atom is 0.316 e. The highest BCUT2D eigenvalue weighted by molar-refractivity contribution is 7.22. The van der Waals surface area contributed by atoms with Crippen molar-refractivity contribution in [2.45, 2.75) is 25.8 Å². The van der Waals surface area contributed by atoms with E-state index in [0.29, 0.717) is 36.1 Å². The summed E-state index contributed by atoms with van der Waals surface area (Å²) in [5.41, 5.74) is 4.97. The summed E-state index contributed by atoms with van der Waals surface area (Å²) in [5.74, 6) is 0.598. The molecule has 0 aliphatic heterocycles. The van der Waals surface area contributed by atoms with E-state index in [-0.39, 0.29) is 6.61 Å². The average molecular weight is 453 g/mol. The molecule has 4 aromatic rings. The summed E-state index contributed by atoms with van der Waals surface area (Å²) in [7, 11) is 1.34. The first kappa shape index (κ1) is 20.5. The van der Waals surface area contributed by atoms with Gasteiger partial charge in [-0.2, -0.15) is 5.10 Å². The van der Waals surface area contributed by atoms with Gasteiger partial charge < -0.3 is 9.84 Å². The van der Waals surface area contributed by atoms with Gasteiger partial charge in [-0.25, -0.2) is 14.8 Å². The molecular weight excluding hydrogens is 430 g/mol. The summed E-state index contributed by atoms with van der Waals surface area (Å²) in [5, 5.41) is 14.7. The van der Waals surface area contributed by atoms with Crippen molar-refractivity contribution in [1.29, 1.82) is 0 Å². The molecule has 1 aliphatic rings. The van der Waals surface area contributed by atoms with Crippen molar-refractivity contribution in [2.24, 2.45) is 0 Å². The van der Waals surface area contributed by atoms with Crippen LogP contribution in [0.5, 0.6) is 5.88 Å². The van der Waals surface area contributed by atoms with Gasteiger partial charge in [0.15, 0.2) is 7.11 Å². The quantitative estimate of drug-likeness (QED) is 0.410. The molecule has 0 saturated carbocycles. The first-order chi connectivity index (χ1) is 15.7. The Bertz CT molecular complexity index is 1280. The van der Waals surface area contributed by atoms with Gasteiger partial charge in [0.1, 0.15) is 11.2 Å². The summed E-state index contributed by atoms with van der Waals surface area (Å²) in [4.78, 5) is 27.6. The number of ether oxygens (including phenoxy) is 1. The van der Waals surface area contributed by atoms with Gasteiger partial charge >= 0.3 is 5.69 Å². The zero-order valence-corrected chi connectivity index (χ0v) is 18.3. The minimum Gasteiger partial charge on any atom is -0.477 e. The van der Waals surface area contributed by atoms with Gasteiger partial charge in [0.05, 0.1) is 36.2 Å². The van der Waals surface area contributed by atoms with Crippen molar-refractivity contribution in [3.8, 4) is 16.3 Å². The zero-order valence-electron chi connectivity index (χ0n) is 17.5. The number of aliphatic hydroxyl groups is 1. The topological polar surface area (TPSA) is 102 Å². The molecule has 1 N–H and O–H groups in total. The number of thiophene rings is 1. The number of nitrogens with zero attached hydrogens (tertiary/aromatic N) is 5. The summed E-state index contributed by atoms with van der Waals surface area (Å²) in [6, 6.07) is 7.21. The number of hydrogen-bond donors (Lipinski definition) is 1. The van der Waals surface area contributed by atoms with Gasteiger partial charge in [-0.3, -0.25) is 4.68 Å². The molecule has 0 radical (unpaired) electrons. The Balaban J connectivity index is 1.37. The highest BCUT2D eigenvalue weighted by Crippen LogP contribution is 2.45. The molecule has 1 aromatic carbocycles. The molecule has 10 heteroatoms. The third-order valence-corrected chi connectivity index (χ3v) is 6.79. The number of hydrogen-bond acceptors (Lipinski definition) is 8. The molecule has 0 saturated heterocycles. The van der Waals surface area contributed by atoms with Crippen LogP contribution >= 0.6 is 11.3 Å². The predicted octanol–water partition coefficient (Wildman–Crippen LogP) is 3.24. The Morgan fingerprint density at radius 2 is 2.06 bits per heavy atom. The van der Waals surface area contributed by atoms with Crippen molar-refractivity contribution < 1.29 is 19.6 Å². The lowest BCUT2D eigenvalue weighted by Gasteiger charge is -2.15. The van der Waals surface area contributed by atoms with Crippen LogP contribution in [0.15, 0.2) is 36.8 Å². The number of aliphatic hydroxyl groups excluding tert-OH is 1. The Labute approximate surface area is 187 Å². The number of fused-ring (bicyclic) bond motifs is 5. The van der Waals surface area contributed by atoms with E-state index in [9.17, 15) is 10.0 Å². The molecule has 0 fully saturated rings. The molecule has 164 valence electrons. The predicted molar refractivity (Wildman–Crippen MR) is 119 cm³/mol. The van der Waals surface area contributed by atoms with E-state index in [4.69, 9.17) is 4.74 Å². The normalized spacial score (nSPS) is 12.4. The van der Waals surface area contributed by atoms with Crippen LogP contribution in [0.2, 0.25) is 0 Å². The number of aryl methyl sites for hydroxylation is 1.